The first-order valence-corrected chi connectivity index (χ1v) is 23.9. The van der Waals surface area contributed by atoms with E-state index in [-0.39, 0.29) is 23.1 Å². The molecule has 6 aromatic rings. The zero-order valence-electron chi connectivity index (χ0n) is 41.4. The van der Waals surface area contributed by atoms with E-state index in [1.807, 2.05) is 136 Å². The first kappa shape index (κ1) is 53.6. The predicted octanol–water partition coefficient (Wildman–Crippen LogP) is 8.83. The number of benzene rings is 5. The molecule has 4 aromatic carbocycles. The lowest BCUT2D eigenvalue weighted by Gasteiger charge is -2.20. The number of carbonyl (C=O) groups is 3. The van der Waals surface area contributed by atoms with E-state index in [2.05, 4.69) is 20.7 Å². The molecule has 2 aliphatic rings. The van der Waals surface area contributed by atoms with Gasteiger partial charge in [0.05, 0.1) is 30.4 Å². The number of alkyl halides is 3. The molecule has 20 heteroatoms. The molecule has 8 rings (SSSR count). The molecule has 0 saturated heterocycles. The molecule has 0 saturated carbocycles. The van der Waals surface area contributed by atoms with Crippen LogP contribution in [0.15, 0.2) is 114 Å². The summed E-state index contributed by atoms with van der Waals surface area (Å²) in [6.45, 7) is 5.32. The molecule has 3 heterocycles. The fourth-order valence-corrected chi connectivity index (χ4v) is 8.12. The van der Waals surface area contributed by atoms with E-state index in [4.69, 9.17) is 40.4 Å². The van der Waals surface area contributed by atoms with Gasteiger partial charge < -0.3 is 44.4 Å². The highest BCUT2D eigenvalue weighted by atomic mass is 35.5. The van der Waals surface area contributed by atoms with Crippen LogP contribution in [0.4, 0.5) is 24.7 Å². The van der Waals surface area contributed by atoms with Crippen LogP contribution in [0.25, 0.3) is 50.5 Å². The average Bonchev–Trinajstić information content (AvgIpc) is 3.84. The number of rotatable bonds is 18. The first-order valence-electron chi connectivity index (χ1n) is 23.5. The number of hydrogen-bond acceptors (Lipinski definition) is 12. The monoisotopic (exact) mass is 1030 g/mol. The average molecular weight is 1040 g/mol. The normalized spacial score (nSPS) is 11.3. The van der Waals surface area contributed by atoms with Gasteiger partial charge in [0, 0.05) is 94.9 Å². The number of para-hydroxylation sites is 1. The minimum Gasteiger partial charge on any atom is -0.545 e. The maximum Gasteiger partial charge on any atom is 0.490 e. The number of carboxylic acids is 2. The SMILES string of the molecule is CC(C)Oc1cc(Cl)ccc1CNc1cc(-c2ccccc2OCCCCCCNC(=O)c2ccc(-c3c4ccc(=[N+](C)C)cc-4oc4cc(N(C)C)ccc34)c(C(=O)[O-])c2)nc2ncnn12.O=C(O)C(F)(F)F. The summed E-state index contributed by atoms with van der Waals surface area (Å²) < 4.78 is 54.1. The van der Waals surface area contributed by atoms with Crippen molar-refractivity contribution < 1.29 is 51.7 Å². The van der Waals surface area contributed by atoms with E-state index in [0.29, 0.717) is 76.0 Å². The van der Waals surface area contributed by atoms with Crippen LogP contribution < -0.4 is 40.0 Å². The number of nitrogens with one attached hydrogen (secondary N) is 2. The van der Waals surface area contributed by atoms with E-state index in [0.717, 1.165) is 58.8 Å². The number of aromatic nitrogens is 4. The zero-order chi connectivity index (χ0) is 53.3. The molecular formula is C54H54ClF3N8O8. The summed E-state index contributed by atoms with van der Waals surface area (Å²) in [5, 5.41) is 33.0. The van der Waals surface area contributed by atoms with Crippen molar-refractivity contribution in [1.29, 1.82) is 0 Å². The molecule has 1 aliphatic heterocycles. The molecule has 0 fully saturated rings. The number of aliphatic carboxylic acids is 1. The molecule has 0 radical (unpaired) electrons. The topological polar surface area (TPSA) is 199 Å². The Labute approximate surface area is 429 Å². The smallest absolute Gasteiger partial charge is 0.490 e. The van der Waals surface area contributed by atoms with Crippen molar-refractivity contribution in [3.05, 3.63) is 137 Å². The van der Waals surface area contributed by atoms with Gasteiger partial charge in [0.1, 0.15) is 49.1 Å². The highest BCUT2D eigenvalue weighted by Gasteiger charge is 2.38. The highest BCUT2D eigenvalue weighted by Crippen LogP contribution is 2.42. The van der Waals surface area contributed by atoms with Gasteiger partial charge in [-0.1, -0.05) is 48.7 Å². The third kappa shape index (κ3) is 13.1. The third-order valence-electron chi connectivity index (χ3n) is 11.6. The van der Waals surface area contributed by atoms with Crippen LogP contribution in [-0.4, -0.2) is 96.2 Å². The number of ether oxygens (including phenoxy) is 2. The predicted molar refractivity (Wildman–Crippen MR) is 275 cm³/mol. The Morgan fingerprint density at radius 3 is 2.35 bits per heavy atom. The summed E-state index contributed by atoms with van der Waals surface area (Å²) in [5.41, 5.74) is 6.01. The van der Waals surface area contributed by atoms with Crippen molar-refractivity contribution in [3.8, 4) is 45.2 Å². The lowest BCUT2D eigenvalue weighted by atomic mass is 9.89. The number of halogens is 4. The van der Waals surface area contributed by atoms with E-state index >= 15 is 0 Å². The number of aromatic carboxylic acids is 1. The third-order valence-corrected chi connectivity index (χ3v) is 11.9. The number of anilines is 2. The van der Waals surface area contributed by atoms with E-state index in [9.17, 15) is 27.9 Å². The highest BCUT2D eigenvalue weighted by molar-refractivity contribution is 6.30. The van der Waals surface area contributed by atoms with Crippen LogP contribution in [-0.2, 0) is 11.3 Å². The van der Waals surface area contributed by atoms with Gasteiger partial charge in [-0.2, -0.15) is 27.8 Å². The van der Waals surface area contributed by atoms with Gasteiger partial charge in [-0.3, -0.25) is 4.79 Å². The molecular weight excluding hydrogens is 981 g/mol. The second-order valence-electron chi connectivity index (χ2n) is 17.8. The van der Waals surface area contributed by atoms with E-state index in [1.54, 1.807) is 16.6 Å². The molecule has 3 N–H and O–H groups in total. The molecule has 0 spiro atoms. The standard InChI is InChI=1S/C52H53ClN8O6.C2HF3O2/c1-32(2)66-45-26-35(53)17-15-34(45)30-55-48-29-43(58-52-56-31-57-61(48)52)39-13-9-10-14-44(39)65-24-12-8-7-11-23-54-50(62)33-16-20-38(42(25-33)51(63)64)49-40-21-18-36(59(3)4)27-46(40)67-47-28-37(60(5)6)19-22-41(47)49;3-2(4,5)1(6)7/h9-10,13-22,25-29,31-32H,7-8,11-12,23-24,30H2,1-6H3,(H2-,54,55,56,57,58,62,63,64);(H,6,7). The molecule has 16 nitrogen and oxygen atoms in total. The van der Waals surface area contributed by atoms with Crippen molar-refractivity contribution in [2.45, 2.75) is 58.4 Å². The van der Waals surface area contributed by atoms with Crippen LogP contribution in [0.1, 0.15) is 65.8 Å². The second kappa shape index (κ2) is 23.6. The molecule has 74 heavy (non-hydrogen) atoms. The Morgan fingerprint density at radius 1 is 0.892 bits per heavy atom. The van der Waals surface area contributed by atoms with Gasteiger partial charge in [-0.25, -0.2) is 14.4 Å². The van der Waals surface area contributed by atoms with Gasteiger partial charge in [0.25, 0.3) is 11.7 Å². The lowest BCUT2D eigenvalue weighted by Crippen LogP contribution is -2.27. The summed E-state index contributed by atoms with van der Waals surface area (Å²) in [5.74, 6) is -1.34. The van der Waals surface area contributed by atoms with Gasteiger partial charge in [0.15, 0.2) is 0 Å². The van der Waals surface area contributed by atoms with E-state index < -0.39 is 18.1 Å². The summed E-state index contributed by atoms with van der Waals surface area (Å²) in [4.78, 5) is 46.2. The zero-order valence-corrected chi connectivity index (χ0v) is 42.2. The molecule has 1 amide bonds. The number of hydrogen-bond donors (Lipinski definition) is 3. The number of fused-ring (bicyclic) bond motifs is 3. The van der Waals surface area contributed by atoms with E-state index in [1.165, 1.54) is 12.4 Å². The fraction of sp³-hybridized carbons (Fsp3) is 0.278. The molecule has 1 aliphatic carbocycles. The summed E-state index contributed by atoms with van der Waals surface area (Å²) in [6, 6.07) is 31.7. The number of unbranched alkanes of at least 4 members (excludes halogenated alkanes) is 3. The number of nitrogens with zero attached hydrogens (tertiary/aromatic N) is 6. The maximum atomic E-state index is 13.4. The summed E-state index contributed by atoms with van der Waals surface area (Å²) >= 11 is 6.28. The molecule has 0 atom stereocenters. The van der Waals surface area contributed by atoms with Crippen LogP contribution in [0, 0.1) is 0 Å². The number of amides is 1. The van der Waals surface area contributed by atoms with Gasteiger partial charge in [-0.15, -0.1) is 0 Å². The largest absolute Gasteiger partial charge is 0.545 e. The fourth-order valence-electron chi connectivity index (χ4n) is 7.96. The van der Waals surface area contributed by atoms with Crippen molar-refractivity contribution in [3.63, 3.8) is 0 Å². The summed E-state index contributed by atoms with van der Waals surface area (Å²) in [7, 11) is 7.79. The Morgan fingerprint density at radius 2 is 1.64 bits per heavy atom. The van der Waals surface area contributed by atoms with Crippen LogP contribution in [0.2, 0.25) is 5.02 Å². The van der Waals surface area contributed by atoms with Gasteiger partial charge >= 0.3 is 12.1 Å². The Bertz CT molecular complexity index is 3370. The van der Waals surface area contributed by atoms with Gasteiger partial charge in [0.2, 0.25) is 5.36 Å². The molecule has 2 aromatic heterocycles. The van der Waals surface area contributed by atoms with Crippen LogP contribution in [0.5, 0.6) is 11.5 Å². The van der Waals surface area contributed by atoms with Crippen molar-refractivity contribution >= 4 is 57.7 Å². The minimum absolute atomic E-state index is 0.0137. The van der Waals surface area contributed by atoms with Crippen molar-refractivity contribution in [1.82, 2.24) is 29.5 Å². The van der Waals surface area contributed by atoms with Gasteiger partial charge in [-0.05, 0) is 86.8 Å². The van der Waals surface area contributed by atoms with Crippen molar-refractivity contribution in [2.24, 2.45) is 0 Å². The number of carboxylic acid groups (broad SMARTS) is 2. The first-order chi connectivity index (χ1) is 35.3. The van der Waals surface area contributed by atoms with Crippen LogP contribution in [0.3, 0.4) is 0 Å². The summed E-state index contributed by atoms with van der Waals surface area (Å²) in [6.07, 6.45) is -0.353. The Balaban J connectivity index is 0.00000107. The quantitative estimate of drug-likeness (QED) is 0.0419. The van der Waals surface area contributed by atoms with Crippen molar-refractivity contribution in [2.75, 3.05) is 51.6 Å². The second-order valence-corrected chi connectivity index (χ2v) is 18.2. The Kier molecular flexibility index (Phi) is 17.1. The maximum absolute atomic E-state index is 13.4. The Hall–Kier alpha value is -8.19. The number of carbonyl (C=O) groups excluding carboxylic acids is 2. The molecule has 0 unspecified atom stereocenters. The lowest BCUT2D eigenvalue weighted by molar-refractivity contribution is -0.255. The molecule has 386 valence electrons. The minimum atomic E-state index is -5.08. The van der Waals surface area contributed by atoms with Crippen LogP contribution >= 0.6 is 11.6 Å². The molecule has 0 bridgehead atoms.